The monoisotopic (exact) mass is 518 g/mol. The van der Waals surface area contributed by atoms with Crippen LogP contribution in [0.25, 0.3) is 22.3 Å². The van der Waals surface area contributed by atoms with Gasteiger partial charge in [-0.25, -0.2) is 4.98 Å². The third-order valence-corrected chi connectivity index (χ3v) is 8.31. The minimum absolute atomic E-state index is 0.278. The number of benzene rings is 2. The highest BCUT2D eigenvalue weighted by Gasteiger charge is 2.23. The van der Waals surface area contributed by atoms with E-state index in [4.69, 9.17) is 9.47 Å². The summed E-state index contributed by atoms with van der Waals surface area (Å²) in [5.74, 6) is 1.56. The Bertz CT molecular complexity index is 1420. The van der Waals surface area contributed by atoms with Gasteiger partial charge in [-0.15, -0.1) is 0 Å². The maximum atomic E-state index is 13.2. The fourth-order valence-electron chi connectivity index (χ4n) is 4.90. The van der Waals surface area contributed by atoms with Gasteiger partial charge in [0.1, 0.15) is 30.4 Å². The minimum Gasteiger partial charge on any atom is -0.493 e. The number of anilines is 2. The molecule has 1 aliphatic rings. The van der Waals surface area contributed by atoms with Crippen molar-refractivity contribution in [2.75, 3.05) is 45.4 Å². The lowest BCUT2D eigenvalue weighted by atomic mass is 10.1. The predicted molar refractivity (Wildman–Crippen MR) is 153 cm³/mol. The van der Waals surface area contributed by atoms with Gasteiger partial charge in [-0.2, -0.15) is 0 Å². The Labute approximate surface area is 218 Å². The predicted octanol–water partition coefficient (Wildman–Crippen LogP) is 6.09. The number of H-pyrrole nitrogens is 1. The molecule has 0 saturated carbocycles. The van der Waals surface area contributed by atoms with Crippen molar-refractivity contribution in [3.63, 3.8) is 0 Å². The molecule has 1 aliphatic heterocycles. The van der Waals surface area contributed by atoms with E-state index in [9.17, 15) is 4.57 Å². The van der Waals surface area contributed by atoms with Gasteiger partial charge in [0.15, 0.2) is 0 Å². The molecule has 0 amide bonds. The largest absolute Gasteiger partial charge is 0.493 e. The highest BCUT2D eigenvalue weighted by Crippen LogP contribution is 2.43. The van der Waals surface area contributed by atoms with Crippen LogP contribution in [0.1, 0.15) is 19.8 Å². The summed E-state index contributed by atoms with van der Waals surface area (Å²) in [6.07, 6.45) is 4.17. The van der Waals surface area contributed by atoms with Gasteiger partial charge in [-0.05, 0) is 94.2 Å². The molecule has 1 saturated heterocycles. The first-order chi connectivity index (χ1) is 17.8. The average Bonchev–Trinajstić information content (AvgIpc) is 3.31. The van der Waals surface area contributed by atoms with E-state index >= 15 is 0 Å². The molecule has 8 heteroatoms. The van der Waals surface area contributed by atoms with Crippen LogP contribution in [0.3, 0.4) is 0 Å². The number of ether oxygens (including phenoxy) is 2. The van der Waals surface area contributed by atoms with E-state index in [0.717, 1.165) is 70.7 Å². The number of likely N-dealkylation sites (tertiary alicyclic amines) is 1. The number of pyridine rings is 1. The van der Waals surface area contributed by atoms with Gasteiger partial charge in [0.05, 0.1) is 23.3 Å². The first-order valence-corrected chi connectivity index (χ1v) is 15.4. The van der Waals surface area contributed by atoms with Crippen molar-refractivity contribution in [3.8, 4) is 22.8 Å². The average molecular weight is 519 g/mol. The summed E-state index contributed by atoms with van der Waals surface area (Å²) in [6, 6.07) is 18.0. The Balaban J connectivity index is 1.41. The molecule has 0 bridgehead atoms. The van der Waals surface area contributed by atoms with Crippen molar-refractivity contribution < 1.29 is 14.0 Å². The molecule has 2 aromatic carbocycles. The molecule has 0 radical (unpaired) electrons. The van der Waals surface area contributed by atoms with Gasteiger partial charge < -0.3 is 29.2 Å². The van der Waals surface area contributed by atoms with Crippen LogP contribution in [0.2, 0.25) is 0 Å². The smallest absolute Gasteiger partial charge is 0.139 e. The molecule has 0 unspecified atom stereocenters. The lowest BCUT2D eigenvalue weighted by Crippen LogP contribution is -2.35. The highest BCUT2D eigenvalue weighted by molar-refractivity contribution is 7.70. The number of rotatable bonds is 8. The summed E-state index contributed by atoms with van der Waals surface area (Å²) in [7, 11) is -0.453. The third-order valence-electron chi connectivity index (χ3n) is 6.77. The van der Waals surface area contributed by atoms with Crippen molar-refractivity contribution in [2.24, 2.45) is 0 Å². The third kappa shape index (κ3) is 5.68. The number of piperidine rings is 1. The van der Waals surface area contributed by atoms with Crippen LogP contribution in [0.5, 0.6) is 11.5 Å². The standard InChI is InChI=1S/C29H35N4O3P/c1-5-35-27-8-6-7-25(28(27)37(3,4)34)31-24-13-16-30-29-23(24)19-26(32-29)20-9-11-21(12-10-20)36-22-14-17-33(2)18-15-22/h6-13,16,19,22H,5,14-15,17-18H2,1-4H3,(H2,30,31,32). The van der Waals surface area contributed by atoms with E-state index in [1.54, 1.807) is 19.5 Å². The van der Waals surface area contributed by atoms with Gasteiger partial charge in [0, 0.05) is 30.4 Å². The first-order valence-electron chi connectivity index (χ1n) is 12.8. The summed E-state index contributed by atoms with van der Waals surface area (Å²) in [4.78, 5) is 10.3. The number of fused-ring (bicyclic) bond motifs is 1. The van der Waals surface area contributed by atoms with Gasteiger partial charge in [0.25, 0.3) is 0 Å². The number of hydrogen-bond donors (Lipinski definition) is 2. The molecule has 2 N–H and O–H groups in total. The molecule has 1 fully saturated rings. The van der Waals surface area contributed by atoms with Crippen molar-refractivity contribution in [1.82, 2.24) is 14.9 Å². The maximum absolute atomic E-state index is 13.2. The molecule has 7 nitrogen and oxygen atoms in total. The van der Waals surface area contributed by atoms with Gasteiger partial charge in [-0.1, -0.05) is 6.07 Å². The number of aromatic amines is 1. The van der Waals surface area contributed by atoms with Crippen molar-refractivity contribution in [3.05, 3.63) is 60.8 Å². The SMILES string of the molecule is CCOc1cccc(Nc2ccnc3[nH]c(-c4ccc(OC5CCN(C)CC5)cc4)cc23)c1P(C)(C)=O. The topological polar surface area (TPSA) is 79.5 Å². The van der Waals surface area contributed by atoms with E-state index in [1.807, 2.05) is 43.3 Å². The van der Waals surface area contributed by atoms with Crippen LogP contribution in [-0.4, -0.2) is 61.0 Å². The fraction of sp³-hybridized carbons (Fsp3) is 0.345. The zero-order chi connectivity index (χ0) is 26.0. The van der Waals surface area contributed by atoms with Crippen LogP contribution in [0.4, 0.5) is 11.4 Å². The number of nitrogens with zero attached hydrogens (tertiary/aromatic N) is 2. The lowest BCUT2D eigenvalue weighted by Gasteiger charge is -2.29. The second-order valence-corrected chi connectivity index (χ2v) is 13.2. The second-order valence-electron chi connectivity index (χ2n) is 10.0. The molecule has 0 spiro atoms. The fourth-order valence-corrected chi connectivity index (χ4v) is 6.28. The van der Waals surface area contributed by atoms with Crippen molar-refractivity contribution in [2.45, 2.75) is 25.9 Å². The molecule has 0 atom stereocenters. The van der Waals surface area contributed by atoms with E-state index < -0.39 is 7.14 Å². The van der Waals surface area contributed by atoms with E-state index in [-0.39, 0.29) is 6.10 Å². The summed E-state index contributed by atoms with van der Waals surface area (Å²) >= 11 is 0. The summed E-state index contributed by atoms with van der Waals surface area (Å²) < 4.78 is 25.2. The van der Waals surface area contributed by atoms with E-state index in [2.05, 4.69) is 45.4 Å². The van der Waals surface area contributed by atoms with Gasteiger partial charge in [-0.3, -0.25) is 0 Å². The van der Waals surface area contributed by atoms with Crippen LogP contribution < -0.4 is 20.1 Å². The van der Waals surface area contributed by atoms with Gasteiger partial charge >= 0.3 is 0 Å². The van der Waals surface area contributed by atoms with Crippen LogP contribution in [-0.2, 0) is 4.57 Å². The highest BCUT2D eigenvalue weighted by atomic mass is 31.2. The molecule has 4 aromatic rings. The molecule has 194 valence electrons. The number of aromatic nitrogens is 2. The summed E-state index contributed by atoms with van der Waals surface area (Å²) in [5, 5.41) is 5.19. The molecular weight excluding hydrogens is 483 g/mol. The Morgan fingerprint density at radius 1 is 1.08 bits per heavy atom. The molecule has 3 heterocycles. The quantitative estimate of drug-likeness (QED) is 0.275. The zero-order valence-electron chi connectivity index (χ0n) is 22.0. The number of hydrogen-bond acceptors (Lipinski definition) is 6. The molecular formula is C29H35N4O3P. The van der Waals surface area contributed by atoms with Gasteiger partial charge in [0.2, 0.25) is 0 Å². The van der Waals surface area contributed by atoms with Crippen LogP contribution in [0.15, 0.2) is 60.8 Å². The van der Waals surface area contributed by atoms with Crippen LogP contribution >= 0.6 is 7.14 Å². The van der Waals surface area contributed by atoms with E-state index in [0.29, 0.717) is 12.4 Å². The Hall–Kier alpha value is -3.28. The summed E-state index contributed by atoms with van der Waals surface area (Å²) in [6.45, 7) is 8.14. The Kier molecular flexibility index (Phi) is 7.27. The Morgan fingerprint density at radius 3 is 2.54 bits per heavy atom. The summed E-state index contributed by atoms with van der Waals surface area (Å²) in [5.41, 5.74) is 4.49. The van der Waals surface area contributed by atoms with Crippen molar-refractivity contribution in [1.29, 1.82) is 0 Å². The van der Waals surface area contributed by atoms with Crippen molar-refractivity contribution >= 4 is 34.9 Å². The molecule has 37 heavy (non-hydrogen) atoms. The molecule has 5 rings (SSSR count). The molecule has 0 aliphatic carbocycles. The second kappa shape index (κ2) is 10.6. The van der Waals surface area contributed by atoms with Crippen LogP contribution in [0, 0.1) is 0 Å². The van der Waals surface area contributed by atoms with E-state index in [1.165, 1.54) is 0 Å². The minimum atomic E-state index is -2.61. The number of nitrogens with one attached hydrogen (secondary N) is 2. The lowest BCUT2D eigenvalue weighted by molar-refractivity contribution is 0.114. The Morgan fingerprint density at radius 2 is 1.84 bits per heavy atom. The maximum Gasteiger partial charge on any atom is 0.139 e. The molecule has 2 aromatic heterocycles. The normalized spacial score (nSPS) is 15.1. The zero-order valence-corrected chi connectivity index (χ0v) is 22.8. The first kappa shape index (κ1) is 25.4.